The minimum absolute atomic E-state index is 0.0196. The van der Waals surface area contributed by atoms with Gasteiger partial charge in [-0.3, -0.25) is 9.88 Å². The smallest absolute Gasteiger partial charge is 0.319 e. The number of nitrogens with two attached hydrogens (primary N) is 1. The Kier molecular flexibility index (Phi) is 7.06. The Morgan fingerprint density at radius 2 is 2.05 bits per heavy atom. The molecule has 0 bridgehead atoms. The number of rotatable bonds is 8. The highest BCUT2D eigenvalue weighted by atomic mass is 32.1. The van der Waals surface area contributed by atoms with Gasteiger partial charge in [-0.1, -0.05) is 0 Å². The molecule has 9 nitrogen and oxygen atoms in total. The summed E-state index contributed by atoms with van der Waals surface area (Å²) in [5.74, 6) is -0.926. The van der Waals surface area contributed by atoms with Crippen LogP contribution in [0.5, 0.6) is 6.01 Å². The lowest BCUT2D eigenvalue weighted by Gasteiger charge is -2.47. The van der Waals surface area contributed by atoms with E-state index in [0.717, 1.165) is 50.0 Å². The standard InChI is InChI=1S/C31H33F3N8OS/c1-41(2)30(7-3-8-30)15-38-28-20-13-37-24(18-5-6-21(33)26-22(18)19(12-35)27(36)44-26)23(34)25(20)39-29(40-28)43-16-31-9-4-10-42(31)14-17(32)11-31/h5-6,13,17H,3-4,7-11,14-16,36H2,1-2H3,(H,38,39,40)/t17-,31+/m0/s1. The molecule has 5 heterocycles. The third kappa shape index (κ3) is 4.53. The Bertz CT molecular complexity index is 1820. The lowest BCUT2D eigenvalue weighted by Crippen LogP contribution is -2.54. The summed E-state index contributed by atoms with van der Waals surface area (Å²) in [5, 5.41) is 13.9. The second kappa shape index (κ2) is 10.7. The molecule has 1 aliphatic carbocycles. The van der Waals surface area contributed by atoms with Crippen LogP contribution in [0, 0.1) is 23.0 Å². The van der Waals surface area contributed by atoms with E-state index in [1.807, 2.05) is 20.2 Å². The van der Waals surface area contributed by atoms with E-state index in [4.69, 9.17) is 10.5 Å². The molecule has 2 aliphatic heterocycles. The predicted molar refractivity (Wildman–Crippen MR) is 165 cm³/mol. The molecule has 1 aromatic carbocycles. The SMILES string of the molecule is CN(C)C1(CNc2nc(OC[C@]34CCCN3C[C@@H](F)C4)nc3c(F)c(-c4ccc(F)c5sc(N)c(C#N)c45)ncc23)CCC1. The maximum atomic E-state index is 16.6. The zero-order valence-electron chi connectivity index (χ0n) is 24.6. The highest BCUT2D eigenvalue weighted by Crippen LogP contribution is 2.43. The topological polar surface area (TPSA) is 116 Å². The first-order valence-electron chi connectivity index (χ1n) is 14.9. The zero-order valence-corrected chi connectivity index (χ0v) is 25.4. The molecule has 3 fully saturated rings. The number of hydrogen-bond acceptors (Lipinski definition) is 10. The van der Waals surface area contributed by atoms with Gasteiger partial charge in [0, 0.05) is 42.2 Å². The van der Waals surface area contributed by atoms with Crippen LogP contribution in [-0.2, 0) is 0 Å². The first-order valence-corrected chi connectivity index (χ1v) is 15.7. The van der Waals surface area contributed by atoms with Crippen LogP contribution in [0.4, 0.5) is 24.0 Å². The number of thiophene rings is 1. The van der Waals surface area contributed by atoms with Crippen molar-refractivity contribution in [2.45, 2.75) is 55.8 Å². The van der Waals surface area contributed by atoms with Crippen LogP contribution < -0.4 is 15.8 Å². The molecule has 13 heteroatoms. The van der Waals surface area contributed by atoms with Gasteiger partial charge in [0.05, 0.1) is 21.2 Å². The molecule has 3 aromatic heterocycles. The monoisotopic (exact) mass is 622 g/mol. The molecule has 2 atom stereocenters. The Hall–Kier alpha value is -3.73. The molecular weight excluding hydrogens is 589 g/mol. The maximum Gasteiger partial charge on any atom is 0.319 e. The Balaban J connectivity index is 1.33. The number of anilines is 2. The van der Waals surface area contributed by atoms with Gasteiger partial charge >= 0.3 is 6.01 Å². The number of nitrogens with zero attached hydrogens (tertiary/aromatic N) is 6. The number of nitrogens with one attached hydrogen (secondary N) is 1. The van der Waals surface area contributed by atoms with E-state index in [9.17, 15) is 14.0 Å². The van der Waals surface area contributed by atoms with Crippen molar-refractivity contribution in [3.8, 4) is 23.3 Å². The molecular formula is C31H33F3N8OS. The summed E-state index contributed by atoms with van der Waals surface area (Å²) in [5.41, 5.74) is 5.74. The highest BCUT2D eigenvalue weighted by molar-refractivity contribution is 7.23. The van der Waals surface area contributed by atoms with Crippen LogP contribution in [0.3, 0.4) is 0 Å². The molecule has 0 amide bonds. The summed E-state index contributed by atoms with van der Waals surface area (Å²) in [4.78, 5) is 17.9. The summed E-state index contributed by atoms with van der Waals surface area (Å²) in [6.45, 7) is 1.97. The largest absolute Gasteiger partial charge is 0.461 e. The molecule has 3 N–H and O–H groups in total. The van der Waals surface area contributed by atoms with Crippen LogP contribution in [0.2, 0.25) is 0 Å². The number of nitriles is 1. The number of hydrogen-bond donors (Lipinski definition) is 2. The highest BCUT2D eigenvalue weighted by Gasteiger charge is 2.49. The maximum absolute atomic E-state index is 16.6. The van der Waals surface area contributed by atoms with Gasteiger partial charge < -0.3 is 20.7 Å². The molecule has 1 saturated carbocycles. The zero-order chi connectivity index (χ0) is 30.8. The van der Waals surface area contributed by atoms with Gasteiger partial charge in [0.1, 0.15) is 46.7 Å². The van der Waals surface area contributed by atoms with Gasteiger partial charge in [-0.2, -0.15) is 15.2 Å². The molecule has 230 valence electrons. The number of pyridine rings is 1. The van der Waals surface area contributed by atoms with Gasteiger partial charge in [-0.05, 0) is 64.9 Å². The van der Waals surface area contributed by atoms with Crippen LogP contribution in [0.25, 0.3) is 32.2 Å². The third-order valence-corrected chi connectivity index (χ3v) is 10.9. The van der Waals surface area contributed by atoms with Crippen molar-refractivity contribution in [2.75, 3.05) is 51.4 Å². The van der Waals surface area contributed by atoms with Crippen LogP contribution in [0.1, 0.15) is 44.1 Å². The predicted octanol–water partition coefficient (Wildman–Crippen LogP) is 5.49. The van der Waals surface area contributed by atoms with E-state index < -0.39 is 23.3 Å². The molecule has 3 aliphatic rings. The number of benzene rings is 1. The van der Waals surface area contributed by atoms with Crippen LogP contribution in [-0.4, -0.2) is 82.3 Å². The van der Waals surface area contributed by atoms with Crippen molar-refractivity contribution in [1.29, 1.82) is 5.26 Å². The second-order valence-corrected chi connectivity index (χ2v) is 13.5. The number of nitrogen functional groups attached to an aromatic ring is 1. The second-order valence-electron chi connectivity index (χ2n) is 12.5. The third-order valence-electron chi connectivity index (χ3n) is 9.90. The average Bonchev–Trinajstić information content (AvgIpc) is 3.61. The number of halogens is 3. The van der Waals surface area contributed by atoms with Crippen molar-refractivity contribution < 1.29 is 17.9 Å². The molecule has 4 aromatic rings. The van der Waals surface area contributed by atoms with E-state index in [0.29, 0.717) is 30.7 Å². The average molecular weight is 623 g/mol. The molecule has 0 spiro atoms. The molecule has 7 rings (SSSR count). The van der Waals surface area contributed by atoms with E-state index in [1.54, 1.807) is 0 Å². The quantitative estimate of drug-likeness (QED) is 0.263. The first kappa shape index (κ1) is 29.0. The molecule has 0 radical (unpaired) electrons. The van der Waals surface area contributed by atoms with Gasteiger partial charge in [-0.15, -0.1) is 11.3 Å². The fraction of sp³-hybridized carbons (Fsp3) is 0.484. The lowest BCUT2D eigenvalue weighted by atomic mass is 9.75. The normalized spacial score (nSPS) is 22.8. The number of likely N-dealkylation sites (N-methyl/N-ethyl adjacent to an activating group) is 1. The van der Waals surface area contributed by atoms with Crippen molar-refractivity contribution >= 4 is 43.1 Å². The van der Waals surface area contributed by atoms with Crippen molar-refractivity contribution in [2.24, 2.45) is 0 Å². The summed E-state index contributed by atoms with van der Waals surface area (Å²) in [6.07, 6.45) is 5.88. The van der Waals surface area contributed by atoms with Gasteiger partial charge in [0.25, 0.3) is 0 Å². The van der Waals surface area contributed by atoms with E-state index in [2.05, 4.69) is 30.1 Å². The molecule has 2 saturated heterocycles. The summed E-state index contributed by atoms with van der Waals surface area (Å²) >= 11 is 0.937. The van der Waals surface area contributed by atoms with Gasteiger partial charge in [0.15, 0.2) is 5.82 Å². The fourth-order valence-corrected chi connectivity index (χ4v) is 8.13. The Labute approximate surface area is 256 Å². The van der Waals surface area contributed by atoms with Crippen molar-refractivity contribution in [3.05, 3.63) is 35.5 Å². The Morgan fingerprint density at radius 3 is 2.77 bits per heavy atom. The minimum Gasteiger partial charge on any atom is -0.461 e. The van der Waals surface area contributed by atoms with Crippen LogP contribution >= 0.6 is 11.3 Å². The first-order chi connectivity index (χ1) is 21.1. The lowest BCUT2D eigenvalue weighted by molar-refractivity contribution is 0.0738. The minimum atomic E-state index is -0.915. The number of ether oxygens (including phenoxy) is 1. The summed E-state index contributed by atoms with van der Waals surface area (Å²) in [7, 11) is 4.09. The molecule has 0 unspecified atom stereocenters. The van der Waals surface area contributed by atoms with Gasteiger partial charge in [-0.25, -0.2) is 13.2 Å². The van der Waals surface area contributed by atoms with E-state index in [1.165, 1.54) is 18.3 Å². The number of aromatic nitrogens is 3. The van der Waals surface area contributed by atoms with E-state index >= 15 is 4.39 Å². The Morgan fingerprint density at radius 1 is 1.23 bits per heavy atom. The fourth-order valence-electron chi connectivity index (χ4n) is 7.18. The van der Waals surface area contributed by atoms with Crippen molar-refractivity contribution in [3.63, 3.8) is 0 Å². The van der Waals surface area contributed by atoms with E-state index in [-0.39, 0.29) is 55.6 Å². The van der Waals surface area contributed by atoms with Crippen LogP contribution in [0.15, 0.2) is 18.3 Å². The van der Waals surface area contributed by atoms with Gasteiger partial charge in [0.2, 0.25) is 0 Å². The summed E-state index contributed by atoms with van der Waals surface area (Å²) < 4.78 is 52.0. The number of alkyl halides is 1. The summed E-state index contributed by atoms with van der Waals surface area (Å²) in [6, 6.07) is 4.62. The number of fused-ring (bicyclic) bond motifs is 3. The van der Waals surface area contributed by atoms with Crippen molar-refractivity contribution in [1.82, 2.24) is 24.8 Å². The molecule has 44 heavy (non-hydrogen) atoms.